The molecule has 0 heterocycles. The second-order valence-electron chi connectivity index (χ2n) is 5.07. The minimum absolute atomic E-state index is 0.272. The van der Waals surface area contributed by atoms with E-state index < -0.39 is 0 Å². The number of halogens is 1. The lowest BCUT2D eigenvalue weighted by atomic mass is 10.2. The predicted octanol–water partition coefficient (Wildman–Crippen LogP) is 4.56. The van der Waals surface area contributed by atoms with E-state index >= 15 is 0 Å². The van der Waals surface area contributed by atoms with Crippen LogP contribution in [-0.4, -0.2) is 19.6 Å². The summed E-state index contributed by atoms with van der Waals surface area (Å²) in [6.45, 7) is 6.07. The number of nitrogens with one attached hydrogen (secondary N) is 1. The Balaban J connectivity index is 2.16. The van der Waals surface area contributed by atoms with Crippen LogP contribution in [0.1, 0.15) is 17.3 Å². The second-order valence-corrected chi connectivity index (χ2v) is 5.51. The lowest BCUT2D eigenvalue weighted by Crippen LogP contribution is -2.13. The van der Waals surface area contributed by atoms with Crippen LogP contribution in [0.15, 0.2) is 54.6 Å². The third kappa shape index (κ3) is 4.76. The fourth-order valence-electron chi connectivity index (χ4n) is 1.91. The maximum Gasteiger partial charge on any atom is 0.255 e. The zero-order valence-corrected chi connectivity index (χ0v) is 13.8. The summed E-state index contributed by atoms with van der Waals surface area (Å²) >= 11 is 5.96. The summed E-state index contributed by atoms with van der Waals surface area (Å²) in [5, 5.41) is 3.30. The normalized spacial score (nSPS) is 10.0. The highest BCUT2D eigenvalue weighted by molar-refractivity contribution is 6.31. The summed E-state index contributed by atoms with van der Waals surface area (Å²) in [6.07, 6.45) is 0. The average Bonchev–Trinajstić information content (AvgIpc) is 2.53. The molecule has 2 aromatic rings. The molecule has 0 fully saturated rings. The standard InChI is InChI=1S/C18H18ClNO3/c1-12(2)11-23-15-6-4-5-13(9-15)18(21)20-16-10-14(19)7-8-17(16)22-3/h4-10H,1,11H2,2-3H3,(H,20,21). The van der Waals surface area contributed by atoms with Crippen LogP contribution in [0, 0.1) is 0 Å². The van der Waals surface area contributed by atoms with E-state index in [2.05, 4.69) is 11.9 Å². The molecule has 0 radical (unpaired) electrons. The summed E-state index contributed by atoms with van der Waals surface area (Å²) in [4.78, 5) is 12.4. The van der Waals surface area contributed by atoms with Gasteiger partial charge >= 0.3 is 0 Å². The van der Waals surface area contributed by atoms with Crippen LogP contribution in [0.5, 0.6) is 11.5 Å². The molecule has 0 aliphatic carbocycles. The van der Waals surface area contributed by atoms with Gasteiger partial charge in [-0.25, -0.2) is 0 Å². The van der Waals surface area contributed by atoms with Crippen molar-refractivity contribution in [2.75, 3.05) is 19.0 Å². The molecule has 0 aliphatic heterocycles. The van der Waals surface area contributed by atoms with Crippen molar-refractivity contribution >= 4 is 23.2 Å². The van der Waals surface area contributed by atoms with Crippen LogP contribution in [0.2, 0.25) is 5.02 Å². The highest BCUT2D eigenvalue weighted by atomic mass is 35.5. The zero-order chi connectivity index (χ0) is 16.8. The smallest absolute Gasteiger partial charge is 0.255 e. The van der Waals surface area contributed by atoms with Gasteiger partial charge in [-0.2, -0.15) is 0 Å². The fraction of sp³-hybridized carbons (Fsp3) is 0.167. The molecule has 0 aromatic heterocycles. The number of rotatable bonds is 6. The topological polar surface area (TPSA) is 47.6 Å². The molecule has 0 saturated heterocycles. The van der Waals surface area contributed by atoms with Gasteiger partial charge in [0, 0.05) is 10.6 Å². The molecule has 2 rings (SSSR count). The number of amides is 1. The highest BCUT2D eigenvalue weighted by Crippen LogP contribution is 2.28. The SMILES string of the molecule is C=C(C)COc1cccc(C(=O)Nc2cc(Cl)ccc2OC)c1. The number of benzene rings is 2. The van der Waals surface area contributed by atoms with Gasteiger partial charge in [0.2, 0.25) is 0 Å². The Kier molecular flexibility index (Phi) is 5.66. The minimum atomic E-state index is -0.272. The summed E-state index contributed by atoms with van der Waals surface area (Å²) in [6, 6.07) is 12.0. The number of ether oxygens (including phenoxy) is 2. The molecule has 0 aliphatic rings. The molecule has 0 unspecified atom stereocenters. The first-order valence-corrected chi connectivity index (χ1v) is 7.39. The van der Waals surface area contributed by atoms with E-state index in [1.807, 2.05) is 6.92 Å². The number of hydrogen-bond donors (Lipinski definition) is 1. The van der Waals surface area contributed by atoms with Crippen molar-refractivity contribution in [3.8, 4) is 11.5 Å². The molecule has 23 heavy (non-hydrogen) atoms. The predicted molar refractivity (Wildman–Crippen MR) is 92.7 cm³/mol. The van der Waals surface area contributed by atoms with Crippen molar-refractivity contribution in [3.63, 3.8) is 0 Å². The van der Waals surface area contributed by atoms with Gasteiger partial charge in [0.1, 0.15) is 18.1 Å². The largest absolute Gasteiger partial charge is 0.495 e. The van der Waals surface area contributed by atoms with Crippen molar-refractivity contribution in [3.05, 3.63) is 65.2 Å². The third-order valence-corrected chi connectivity index (χ3v) is 3.23. The maximum absolute atomic E-state index is 12.4. The lowest BCUT2D eigenvalue weighted by Gasteiger charge is -2.11. The summed E-state index contributed by atoms with van der Waals surface area (Å²) < 4.78 is 10.8. The Labute approximate surface area is 140 Å². The summed E-state index contributed by atoms with van der Waals surface area (Å²) in [7, 11) is 1.53. The Bertz CT molecular complexity index is 728. The average molecular weight is 332 g/mol. The van der Waals surface area contributed by atoms with Gasteiger partial charge in [0.15, 0.2) is 0 Å². The molecule has 1 N–H and O–H groups in total. The van der Waals surface area contributed by atoms with Gasteiger partial charge in [-0.1, -0.05) is 24.2 Å². The monoisotopic (exact) mass is 331 g/mol. The van der Waals surface area contributed by atoms with Gasteiger partial charge in [0.25, 0.3) is 5.91 Å². The summed E-state index contributed by atoms with van der Waals surface area (Å²) in [5.41, 5.74) is 1.90. The van der Waals surface area contributed by atoms with E-state index in [4.69, 9.17) is 21.1 Å². The molecular weight excluding hydrogens is 314 g/mol. The first-order valence-electron chi connectivity index (χ1n) is 7.01. The molecule has 5 heteroatoms. The van der Waals surface area contributed by atoms with E-state index in [1.165, 1.54) is 7.11 Å². The van der Waals surface area contributed by atoms with Gasteiger partial charge in [-0.3, -0.25) is 4.79 Å². The van der Waals surface area contributed by atoms with Crippen LogP contribution in [0.25, 0.3) is 0 Å². The van der Waals surface area contributed by atoms with E-state index in [9.17, 15) is 4.79 Å². The Morgan fingerprint density at radius 3 is 2.74 bits per heavy atom. The van der Waals surface area contributed by atoms with Gasteiger partial charge < -0.3 is 14.8 Å². The number of carbonyl (C=O) groups is 1. The maximum atomic E-state index is 12.4. The van der Waals surface area contributed by atoms with E-state index in [-0.39, 0.29) is 5.91 Å². The van der Waals surface area contributed by atoms with Crippen molar-refractivity contribution < 1.29 is 14.3 Å². The first-order chi connectivity index (χ1) is 11.0. The first kappa shape index (κ1) is 16.9. The highest BCUT2D eigenvalue weighted by Gasteiger charge is 2.11. The second kappa shape index (κ2) is 7.70. The van der Waals surface area contributed by atoms with E-state index in [0.717, 1.165) is 5.57 Å². The molecule has 2 aromatic carbocycles. The molecule has 0 saturated carbocycles. The zero-order valence-electron chi connectivity index (χ0n) is 13.1. The van der Waals surface area contributed by atoms with Crippen LogP contribution >= 0.6 is 11.6 Å². The number of methoxy groups -OCH3 is 1. The van der Waals surface area contributed by atoms with Gasteiger partial charge in [-0.15, -0.1) is 0 Å². The molecule has 0 spiro atoms. The van der Waals surface area contributed by atoms with Crippen molar-refractivity contribution in [1.82, 2.24) is 0 Å². The fourth-order valence-corrected chi connectivity index (χ4v) is 2.08. The van der Waals surface area contributed by atoms with Crippen molar-refractivity contribution in [1.29, 1.82) is 0 Å². The molecule has 120 valence electrons. The Morgan fingerprint density at radius 2 is 2.04 bits per heavy atom. The van der Waals surface area contributed by atoms with Crippen LogP contribution < -0.4 is 14.8 Å². The molecule has 0 bridgehead atoms. The minimum Gasteiger partial charge on any atom is -0.495 e. The van der Waals surface area contributed by atoms with Crippen LogP contribution in [0.4, 0.5) is 5.69 Å². The lowest BCUT2D eigenvalue weighted by molar-refractivity contribution is 0.102. The van der Waals surface area contributed by atoms with E-state index in [0.29, 0.717) is 34.4 Å². The Morgan fingerprint density at radius 1 is 1.26 bits per heavy atom. The van der Waals surface area contributed by atoms with Gasteiger partial charge in [0.05, 0.1) is 12.8 Å². The molecule has 0 atom stereocenters. The molecule has 1 amide bonds. The number of anilines is 1. The van der Waals surface area contributed by atoms with E-state index in [1.54, 1.807) is 42.5 Å². The van der Waals surface area contributed by atoms with Crippen LogP contribution in [0.3, 0.4) is 0 Å². The number of carbonyl (C=O) groups excluding carboxylic acids is 1. The van der Waals surface area contributed by atoms with Crippen molar-refractivity contribution in [2.45, 2.75) is 6.92 Å². The van der Waals surface area contributed by atoms with Crippen LogP contribution in [-0.2, 0) is 0 Å². The quantitative estimate of drug-likeness (QED) is 0.789. The van der Waals surface area contributed by atoms with Gasteiger partial charge in [-0.05, 0) is 48.9 Å². The third-order valence-electron chi connectivity index (χ3n) is 2.99. The van der Waals surface area contributed by atoms with Crippen molar-refractivity contribution in [2.24, 2.45) is 0 Å². The molecule has 4 nitrogen and oxygen atoms in total. The number of hydrogen-bond acceptors (Lipinski definition) is 3. The molecular formula is C18H18ClNO3. The summed E-state index contributed by atoms with van der Waals surface area (Å²) in [5.74, 6) is 0.877. The Hall–Kier alpha value is -2.46.